The van der Waals surface area contributed by atoms with Crippen LogP contribution in [-0.4, -0.2) is 35.6 Å². The number of nitro benzene ring substituents is 1. The largest absolute Gasteiger partial charge is 0.395 e. The summed E-state index contributed by atoms with van der Waals surface area (Å²) in [6.45, 7) is 0.535. The topological polar surface area (TPSA) is 95.7 Å². The van der Waals surface area contributed by atoms with Crippen LogP contribution in [0.4, 0.5) is 17.1 Å². The van der Waals surface area contributed by atoms with E-state index in [1.54, 1.807) is 0 Å². The normalized spacial score (nSPS) is 17.6. The SMILES string of the molecule is C#CC1CC(=O)N(c2cc([N+](=O)[O-])ccc2NCCO)C1. The number of terminal acetylenes is 1. The molecule has 0 spiro atoms. The highest BCUT2D eigenvalue weighted by Gasteiger charge is 2.31. The Morgan fingerprint density at radius 1 is 1.57 bits per heavy atom. The molecular weight excluding hydrogens is 274 g/mol. The van der Waals surface area contributed by atoms with Crippen molar-refractivity contribution in [3.8, 4) is 12.3 Å². The van der Waals surface area contributed by atoms with Crippen LogP contribution in [0.3, 0.4) is 0 Å². The molecule has 1 aromatic carbocycles. The molecule has 1 saturated heterocycles. The number of rotatable bonds is 5. The van der Waals surface area contributed by atoms with Crippen molar-refractivity contribution < 1.29 is 14.8 Å². The van der Waals surface area contributed by atoms with E-state index in [2.05, 4.69) is 11.2 Å². The lowest BCUT2D eigenvalue weighted by molar-refractivity contribution is -0.384. The zero-order valence-corrected chi connectivity index (χ0v) is 11.3. The molecule has 1 fully saturated rings. The second kappa shape index (κ2) is 6.24. The Balaban J connectivity index is 2.38. The minimum atomic E-state index is -0.515. The Labute approximate surface area is 121 Å². The molecule has 1 atom stereocenters. The second-order valence-electron chi connectivity index (χ2n) is 4.68. The van der Waals surface area contributed by atoms with Crippen molar-refractivity contribution in [2.24, 2.45) is 5.92 Å². The number of anilines is 2. The first-order valence-corrected chi connectivity index (χ1v) is 6.46. The molecule has 0 aromatic heterocycles. The fourth-order valence-corrected chi connectivity index (χ4v) is 2.25. The molecule has 0 saturated carbocycles. The zero-order valence-electron chi connectivity index (χ0n) is 11.3. The van der Waals surface area contributed by atoms with E-state index in [9.17, 15) is 14.9 Å². The van der Waals surface area contributed by atoms with Gasteiger partial charge in [0.15, 0.2) is 0 Å². The number of nitrogens with zero attached hydrogens (tertiary/aromatic N) is 2. The lowest BCUT2D eigenvalue weighted by atomic mass is 10.1. The molecule has 1 aliphatic heterocycles. The summed E-state index contributed by atoms with van der Waals surface area (Å²) >= 11 is 0. The van der Waals surface area contributed by atoms with Crippen LogP contribution < -0.4 is 10.2 Å². The maximum Gasteiger partial charge on any atom is 0.271 e. The third-order valence-corrected chi connectivity index (χ3v) is 3.27. The van der Waals surface area contributed by atoms with E-state index in [0.29, 0.717) is 17.9 Å². The number of aliphatic hydroxyl groups is 1. The third kappa shape index (κ3) is 3.12. The first-order chi connectivity index (χ1) is 10.1. The van der Waals surface area contributed by atoms with Crippen LogP contribution in [0.1, 0.15) is 6.42 Å². The summed E-state index contributed by atoms with van der Waals surface area (Å²) in [5, 5.41) is 22.7. The van der Waals surface area contributed by atoms with E-state index in [1.807, 2.05) is 0 Å². The predicted octanol–water partition coefficient (Wildman–Crippen LogP) is 0.985. The van der Waals surface area contributed by atoms with Crippen LogP contribution in [0, 0.1) is 28.4 Å². The van der Waals surface area contributed by atoms with Crippen LogP contribution in [0.5, 0.6) is 0 Å². The van der Waals surface area contributed by atoms with Gasteiger partial charge in [0.2, 0.25) is 5.91 Å². The Hall–Kier alpha value is -2.59. The number of hydrogen-bond donors (Lipinski definition) is 2. The first kappa shape index (κ1) is 14.8. The van der Waals surface area contributed by atoms with Gasteiger partial charge in [0.05, 0.1) is 22.9 Å². The number of nitrogens with one attached hydrogen (secondary N) is 1. The van der Waals surface area contributed by atoms with Crippen molar-refractivity contribution in [1.82, 2.24) is 0 Å². The van der Waals surface area contributed by atoms with E-state index in [0.717, 1.165) is 0 Å². The molecule has 2 rings (SSSR count). The van der Waals surface area contributed by atoms with Crippen LogP contribution >= 0.6 is 0 Å². The maximum atomic E-state index is 12.0. The van der Waals surface area contributed by atoms with Gasteiger partial charge in [-0.2, -0.15) is 0 Å². The van der Waals surface area contributed by atoms with Crippen molar-refractivity contribution in [2.75, 3.05) is 29.9 Å². The number of aliphatic hydroxyl groups excluding tert-OH is 1. The van der Waals surface area contributed by atoms with Gasteiger partial charge in [-0.1, -0.05) is 0 Å². The van der Waals surface area contributed by atoms with Crippen molar-refractivity contribution in [2.45, 2.75) is 6.42 Å². The molecular formula is C14H15N3O4. The Morgan fingerprint density at radius 2 is 2.33 bits per heavy atom. The minimum absolute atomic E-state index is 0.0860. The van der Waals surface area contributed by atoms with Crippen LogP contribution in [0.2, 0.25) is 0 Å². The molecule has 2 N–H and O–H groups in total. The Morgan fingerprint density at radius 3 is 2.90 bits per heavy atom. The zero-order chi connectivity index (χ0) is 15.4. The summed E-state index contributed by atoms with van der Waals surface area (Å²) in [6, 6.07) is 4.22. The average Bonchev–Trinajstić information content (AvgIpc) is 2.85. The lowest BCUT2D eigenvalue weighted by Crippen LogP contribution is -2.26. The van der Waals surface area contributed by atoms with Crippen molar-refractivity contribution in [3.05, 3.63) is 28.3 Å². The summed E-state index contributed by atoms with van der Waals surface area (Å²) in [5.74, 6) is 2.18. The van der Waals surface area contributed by atoms with Gasteiger partial charge in [0, 0.05) is 37.6 Å². The van der Waals surface area contributed by atoms with Gasteiger partial charge in [0.25, 0.3) is 5.69 Å². The molecule has 7 heteroatoms. The van der Waals surface area contributed by atoms with Gasteiger partial charge in [-0.05, 0) is 6.07 Å². The molecule has 1 aromatic rings. The fraction of sp³-hybridized carbons (Fsp3) is 0.357. The Kier molecular flexibility index (Phi) is 4.40. The van der Waals surface area contributed by atoms with Crippen molar-refractivity contribution >= 4 is 23.0 Å². The van der Waals surface area contributed by atoms with E-state index in [1.165, 1.54) is 23.1 Å². The standard InChI is InChI=1S/C14H15N3O4/c1-2-10-7-14(19)16(9-10)13-8-11(17(20)21)3-4-12(13)15-5-6-18/h1,3-4,8,10,15,18H,5-7,9H2. The number of non-ortho nitro benzene ring substituents is 1. The highest BCUT2D eigenvalue weighted by atomic mass is 16.6. The smallest absolute Gasteiger partial charge is 0.271 e. The fourth-order valence-electron chi connectivity index (χ4n) is 2.25. The summed E-state index contributed by atoms with van der Waals surface area (Å²) < 4.78 is 0. The minimum Gasteiger partial charge on any atom is -0.395 e. The van der Waals surface area contributed by atoms with Gasteiger partial charge >= 0.3 is 0 Å². The van der Waals surface area contributed by atoms with Gasteiger partial charge in [-0.15, -0.1) is 12.3 Å². The Bertz CT molecular complexity index is 609. The first-order valence-electron chi connectivity index (χ1n) is 6.46. The van der Waals surface area contributed by atoms with E-state index in [4.69, 9.17) is 11.5 Å². The molecule has 1 amide bonds. The maximum absolute atomic E-state index is 12.0. The van der Waals surface area contributed by atoms with Crippen molar-refractivity contribution in [1.29, 1.82) is 0 Å². The van der Waals surface area contributed by atoms with Gasteiger partial charge in [-0.25, -0.2) is 0 Å². The molecule has 0 radical (unpaired) electrons. The highest BCUT2D eigenvalue weighted by molar-refractivity contribution is 5.99. The summed E-state index contributed by atoms with van der Waals surface area (Å²) in [4.78, 5) is 23.9. The van der Waals surface area contributed by atoms with Gasteiger partial charge in [0.1, 0.15) is 0 Å². The quantitative estimate of drug-likeness (QED) is 0.478. The van der Waals surface area contributed by atoms with E-state index < -0.39 is 4.92 Å². The predicted molar refractivity (Wildman–Crippen MR) is 78.0 cm³/mol. The monoisotopic (exact) mass is 289 g/mol. The summed E-state index contributed by atoms with van der Waals surface area (Å²) in [6.07, 6.45) is 5.58. The number of nitro groups is 1. The summed E-state index contributed by atoms with van der Waals surface area (Å²) in [7, 11) is 0. The van der Waals surface area contributed by atoms with E-state index >= 15 is 0 Å². The van der Waals surface area contributed by atoms with Gasteiger partial charge < -0.3 is 15.3 Å². The second-order valence-corrected chi connectivity index (χ2v) is 4.68. The summed E-state index contributed by atoms with van der Waals surface area (Å²) in [5.41, 5.74) is 0.873. The molecule has 110 valence electrons. The number of amides is 1. The molecule has 1 heterocycles. The molecule has 0 bridgehead atoms. The van der Waals surface area contributed by atoms with Crippen LogP contribution in [0.25, 0.3) is 0 Å². The number of carbonyl (C=O) groups is 1. The van der Waals surface area contributed by atoms with Crippen LogP contribution in [0.15, 0.2) is 18.2 Å². The van der Waals surface area contributed by atoms with Crippen molar-refractivity contribution in [3.63, 3.8) is 0 Å². The van der Waals surface area contributed by atoms with Gasteiger partial charge in [-0.3, -0.25) is 14.9 Å². The lowest BCUT2D eigenvalue weighted by Gasteiger charge is -2.20. The number of hydrogen-bond acceptors (Lipinski definition) is 5. The number of carbonyl (C=O) groups excluding carboxylic acids is 1. The molecule has 1 unspecified atom stereocenters. The molecule has 21 heavy (non-hydrogen) atoms. The molecule has 7 nitrogen and oxygen atoms in total. The molecule has 1 aliphatic rings. The van der Waals surface area contributed by atoms with E-state index in [-0.39, 0.29) is 37.1 Å². The average molecular weight is 289 g/mol. The molecule has 0 aliphatic carbocycles. The number of benzene rings is 1. The highest BCUT2D eigenvalue weighted by Crippen LogP contribution is 2.34. The van der Waals surface area contributed by atoms with Crippen LogP contribution in [-0.2, 0) is 4.79 Å². The third-order valence-electron chi connectivity index (χ3n) is 3.27.